The minimum Gasteiger partial charge on any atom is -0.506 e. The molecule has 0 bridgehead atoms. The van der Waals surface area contributed by atoms with Crippen LogP contribution in [-0.4, -0.2) is 15.9 Å². The fraction of sp³-hybridized carbons (Fsp3) is 0.133. The third kappa shape index (κ3) is 4.29. The summed E-state index contributed by atoms with van der Waals surface area (Å²) >= 11 is 3.36. The first-order chi connectivity index (χ1) is 10.5. The molecule has 0 aromatic heterocycles. The maximum absolute atomic E-state index is 11.9. The first kappa shape index (κ1) is 16.0. The van der Waals surface area contributed by atoms with Gasteiger partial charge in [0.2, 0.25) is 5.91 Å². The maximum atomic E-state index is 11.9. The molecule has 22 heavy (non-hydrogen) atoms. The van der Waals surface area contributed by atoms with E-state index in [1.165, 1.54) is 12.1 Å². The molecule has 0 aliphatic rings. The number of halogens is 1. The molecular weight excluding hydrogens is 352 g/mol. The van der Waals surface area contributed by atoms with E-state index >= 15 is 0 Å². The molecule has 2 N–H and O–H groups in total. The van der Waals surface area contributed by atoms with Crippen molar-refractivity contribution in [3.05, 3.63) is 62.6 Å². The molecule has 0 aliphatic carbocycles. The lowest BCUT2D eigenvalue weighted by atomic mass is 10.1. The highest BCUT2D eigenvalue weighted by atomic mass is 79.9. The Morgan fingerprint density at radius 1 is 1.27 bits per heavy atom. The summed E-state index contributed by atoms with van der Waals surface area (Å²) in [6.45, 7) is 0. The summed E-state index contributed by atoms with van der Waals surface area (Å²) in [7, 11) is 0. The van der Waals surface area contributed by atoms with Crippen LogP contribution in [0.5, 0.6) is 5.75 Å². The first-order valence-electron chi connectivity index (χ1n) is 6.47. The number of anilines is 1. The van der Waals surface area contributed by atoms with Crippen LogP contribution in [0.3, 0.4) is 0 Å². The number of aryl methyl sites for hydroxylation is 1. The number of phenolic OH excluding ortho intramolecular Hbond substituents is 1. The number of carbonyl (C=O) groups excluding carboxylic acids is 1. The molecule has 0 spiro atoms. The van der Waals surface area contributed by atoms with Crippen molar-refractivity contribution in [1.82, 2.24) is 0 Å². The highest BCUT2D eigenvalue weighted by Gasteiger charge is 2.12. The highest BCUT2D eigenvalue weighted by Crippen LogP contribution is 2.28. The third-order valence-corrected chi connectivity index (χ3v) is 3.49. The van der Waals surface area contributed by atoms with Gasteiger partial charge in [0.15, 0.2) is 0 Å². The van der Waals surface area contributed by atoms with Gasteiger partial charge in [0.1, 0.15) is 5.75 Å². The third-order valence-electron chi connectivity index (χ3n) is 2.99. The number of carbonyl (C=O) groups is 1. The zero-order chi connectivity index (χ0) is 16.1. The molecule has 2 rings (SSSR count). The van der Waals surface area contributed by atoms with Gasteiger partial charge in [-0.1, -0.05) is 28.1 Å². The van der Waals surface area contributed by atoms with E-state index in [0.717, 1.165) is 16.1 Å². The van der Waals surface area contributed by atoms with E-state index in [2.05, 4.69) is 21.2 Å². The molecule has 6 nitrogen and oxygen atoms in total. The van der Waals surface area contributed by atoms with E-state index in [1.54, 1.807) is 0 Å². The first-order valence-corrected chi connectivity index (χ1v) is 7.26. The molecule has 0 atom stereocenters. The van der Waals surface area contributed by atoms with Gasteiger partial charge >= 0.3 is 0 Å². The minimum absolute atomic E-state index is 0.0356. The van der Waals surface area contributed by atoms with Gasteiger partial charge in [0.05, 0.1) is 10.6 Å². The van der Waals surface area contributed by atoms with Gasteiger partial charge in [-0.25, -0.2) is 0 Å². The number of rotatable bonds is 5. The van der Waals surface area contributed by atoms with Gasteiger partial charge in [0.25, 0.3) is 5.69 Å². The van der Waals surface area contributed by atoms with Gasteiger partial charge in [-0.15, -0.1) is 0 Å². The normalized spacial score (nSPS) is 10.2. The second-order valence-corrected chi connectivity index (χ2v) is 5.55. The van der Waals surface area contributed by atoms with Crippen LogP contribution in [0.25, 0.3) is 0 Å². The van der Waals surface area contributed by atoms with E-state index in [1.807, 2.05) is 24.3 Å². The number of nitro benzene ring substituents is 1. The Morgan fingerprint density at radius 3 is 2.73 bits per heavy atom. The predicted octanol–water partition coefficient (Wildman–Crippen LogP) is 3.63. The molecule has 0 unspecified atom stereocenters. The van der Waals surface area contributed by atoms with Crippen molar-refractivity contribution >= 4 is 33.2 Å². The summed E-state index contributed by atoms with van der Waals surface area (Å²) in [5, 5.41) is 22.8. The zero-order valence-electron chi connectivity index (χ0n) is 11.5. The molecule has 0 saturated heterocycles. The number of aromatic hydroxyl groups is 1. The van der Waals surface area contributed by atoms with E-state index in [9.17, 15) is 20.0 Å². The van der Waals surface area contributed by atoms with Crippen molar-refractivity contribution in [3.8, 4) is 5.75 Å². The Balaban J connectivity index is 2.00. The quantitative estimate of drug-likeness (QED) is 0.481. The smallest absolute Gasteiger partial charge is 0.271 e. The van der Waals surface area contributed by atoms with Gasteiger partial charge in [-0.2, -0.15) is 0 Å². The largest absolute Gasteiger partial charge is 0.506 e. The number of hydrogen-bond donors (Lipinski definition) is 2. The van der Waals surface area contributed by atoms with Gasteiger partial charge in [0, 0.05) is 23.0 Å². The minimum atomic E-state index is -0.587. The number of nitrogens with one attached hydrogen (secondary N) is 1. The van der Waals surface area contributed by atoms with E-state index in [4.69, 9.17) is 0 Å². The molecule has 0 fully saturated rings. The number of amides is 1. The lowest BCUT2D eigenvalue weighted by Gasteiger charge is -2.07. The molecule has 7 heteroatoms. The van der Waals surface area contributed by atoms with Crippen LogP contribution >= 0.6 is 15.9 Å². The molecule has 0 radical (unpaired) electrons. The number of benzene rings is 2. The highest BCUT2D eigenvalue weighted by molar-refractivity contribution is 9.10. The molecule has 114 valence electrons. The van der Waals surface area contributed by atoms with Crippen molar-refractivity contribution in [2.75, 3.05) is 5.32 Å². The predicted molar refractivity (Wildman–Crippen MR) is 85.9 cm³/mol. The molecule has 0 aliphatic heterocycles. The van der Waals surface area contributed by atoms with Crippen molar-refractivity contribution in [2.24, 2.45) is 0 Å². The molecule has 0 saturated carbocycles. The summed E-state index contributed by atoms with van der Waals surface area (Å²) in [6.07, 6.45) is 0.736. The summed E-state index contributed by atoms with van der Waals surface area (Å²) in [6, 6.07) is 11.1. The van der Waals surface area contributed by atoms with Gasteiger partial charge in [-0.3, -0.25) is 14.9 Å². The number of nitrogens with zero attached hydrogens (tertiary/aromatic N) is 1. The monoisotopic (exact) mass is 364 g/mol. The van der Waals surface area contributed by atoms with Crippen LogP contribution in [0.15, 0.2) is 46.9 Å². The lowest BCUT2D eigenvalue weighted by Crippen LogP contribution is -2.12. The number of nitro groups is 1. The Hall–Kier alpha value is -2.41. The molecular formula is C15H13BrN2O4. The van der Waals surface area contributed by atoms with Gasteiger partial charge < -0.3 is 10.4 Å². The summed E-state index contributed by atoms with van der Waals surface area (Å²) < 4.78 is 0.932. The van der Waals surface area contributed by atoms with Crippen LogP contribution in [0, 0.1) is 10.1 Å². The van der Waals surface area contributed by atoms with Gasteiger partial charge in [-0.05, 0) is 30.2 Å². The Bertz CT molecular complexity index is 718. The summed E-state index contributed by atoms with van der Waals surface area (Å²) in [4.78, 5) is 22.0. The summed E-state index contributed by atoms with van der Waals surface area (Å²) in [5.41, 5.74) is 0.835. The lowest BCUT2D eigenvalue weighted by molar-refractivity contribution is -0.384. The Kier molecular flexibility index (Phi) is 5.11. The van der Waals surface area contributed by atoms with Crippen molar-refractivity contribution in [3.63, 3.8) is 0 Å². The van der Waals surface area contributed by atoms with Crippen molar-refractivity contribution in [2.45, 2.75) is 12.8 Å². The molecule has 2 aromatic carbocycles. The van der Waals surface area contributed by atoms with Crippen molar-refractivity contribution in [1.29, 1.82) is 0 Å². The standard InChI is InChI=1S/C15H13BrN2O4/c16-11-3-1-2-10(8-11)4-7-15(20)17-13-9-12(18(21)22)5-6-14(13)19/h1-3,5-6,8-9,19H,4,7H2,(H,17,20). The number of hydrogen-bond acceptors (Lipinski definition) is 4. The maximum Gasteiger partial charge on any atom is 0.271 e. The fourth-order valence-corrected chi connectivity index (χ4v) is 2.35. The molecule has 2 aromatic rings. The Labute approximate surface area is 135 Å². The zero-order valence-corrected chi connectivity index (χ0v) is 13.0. The van der Waals surface area contributed by atoms with Crippen LogP contribution in [0.2, 0.25) is 0 Å². The molecule has 0 heterocycles. The van der Waals surface area contributed by atoms with Crippen LogP contribution in [-0.2, 0) is 11.2 Å². The SMILES string of the molecule is O=C(CCc1cccc(Br)c1)Nc1cc([N+](=O)[O-])ccc1O. The Morgan fingerprint density at radius 2 is 2.05 bits per heavy atom. The second kappa shape index (κ2) is 7.04. The number of non-ortho nitro benzene ring substituents is 1. The fourth-order valence-electron chi connectivity index (χ4n) is 1.90. The van der Waals surface area contributed by atoms with E-state index in [0.29, 0.717) is 6.42 Å². The van der Waals surface area contributed by atoms with Crippen LogP contribution in [0.1, 0.15) is 12.0 Å². The average molecular weight is 365 g/mol. The second-order valence-electron chi connectivity index (χ2n) is 4.64. The average Bonchev–Trinajstić information content (AvgIpc) is 2.47. The van der Waals surface area contributed by atoms with E-state index < -0.39 is 4.92 Å². The van der Waals surface area contributed by atoms with Crippen molar-refractivity contribution < 1.29 is 14.8 Å². The molecule has 1 amide bonds. The van der Waals surface area contributed by atoms with Crippen LogP contribution < -0.4 is 5.32 Å². The topological polar surface area (TPSA) is 92.5 Å². The number of phenols is 1. The van der Waals surface area contributed by atoms with Crippen LogP contribution in [0.4, 0.5) is 11.4 Å². The summed E-state index contributed by atoms with van der Waals surface area (Å²) in [5.74, 6) is -0.530. The van der Waals surface area contributed by atoms with E-state index in [-0.39, 0.29) is 29.5 Å².